The number of carbonyl (C=O) groups excluding carboxylic acids is 2. The minimum absolute atomic E-state index is 0.0939. The van der Waals surface area contributed by atoms with Crippen molar-refractivity contribution in [3.63, 3.8) is 0 Å². The summed E-state index contributed by atoms with van der Waals surface area (Å²) in [4.78, 5) is 22.1. The monoisotopic (exact) mass is 178 g/mol. The summed E-state index contributed by atoms with van der Waals surface area (Å²) >= 11 is 0. The van der Waals surface area contributed by atoms with Crippen LogP contribution in [0.25, 0.3) is 0 Å². The van der Waals surface area contributed by atoms with Crippen molar-refractivity contribution in [2.75, 3.05) is 0 Å². The Hall–Kier alpha value is -1.58. The second kappa shape index (κ2) is 3.05. The number of carbonyl (C=O) groups is 2. The van der Waals surface area contributed by atoms with Gasteiger partial charge < -0.3 is 5.32 Å². The summed E-state index contributed by atoms with van der Waals surface area (Å²) in [6.45, 7) is 0. The Balaban J connectivity index is 2.09. The maximum absolute atomic E-state index is 11.2. The van der Waals surface area contributed by atoms with Crippen LogP contribution in [0.4, 0.5) is 4.79 Å². The number of rotatable bonds is 1. The maximum atomic E-state index is 11.2. The molecule has 2 N–H and O–H groups in total. The van der Waals surface area contributed by atoms with Gasteiger partial charge in [0.05, 0.1) is 0 Å². The Morgan fingerprint density at radius 3 is 2.69 bits per heavy atom. The van der Waals surface area contributed by atoms with Crippen molar-refractivity contribution < 1.29 is 9.59 Å². The molecule has 1 fully saturated rings. The van der Waals surface area contributed by atoms with Crippen molar-refractivity contribution in [1.82, 2.24) is 10.6 Å². The van der Waals surface area contributed by atoms with Gasteiger partial charge in [-0.05, 0) is 6.42 Å². The van der Waals surface area contributed by atoms with E-state index >= 15 is 0 Å². The van der Waals surface area contributed by atoms with E-state index in [-0.39, 0.29) is 11.8 Å². The average molecular weight is 178 g/mol. The first-order valence-corrected chi connectivity index (χ1v) is 4.22. The summed E-state index contributed by atoms with van der Waals surface area (Å²) < 4.78 is 0. The Labute approximate surface area is 75.7 Å². The Kier molecular flexibility index (Phi) is 1.88. The van der Waals surface area contributed by atoms with Crippen molar-refractivity contribution in [1.29, 1.82) is 0 Å². The zero-order chi connectivity index (χ0) is 9.26. The molecule has 1 aliphatic heterocycles. The summed E-state index contributed by atoms with van der Waals surface area (Å²) in [5.41, 5.74) is 0. The highest BCUT2D eigenvalue weighted by Gasteiger charge is 2.34. The van der Waals surface area contributed by atoms with Gasteiger partial charge in [0.25, 0.3) is 5.91 Å². The summed E-state index contributed by atoms with van der Waals surface area (Å²) in [5, 5.41) is 4.81. The molecule has 0 aromatic rings. The van der Waals surface area contributed by atoms with Crippen molar-refractivity contribution in [3.8, 4) is 0 Å². The summed E-state index contributed by atoms with van der Waals surface area (Å²) in [6, 6.07) is -0.786. The molecule has 2 aliphatic rings. The number of amides is 3. The molecule has 0 aromatic carbocycles. The molecule has 1 unspecified atom stereocenters. The third-order valence-electron chi connectivity index (χ3n) is 2.25. The van der Waals surface area contributed by atoms with Crippen molar-refractivity contribution in [2.24, 2.45) is 5.92 Å². The minimum Gasteiger partial charge on any atom is -0.325 e. The Morgan fingerprint density at radius 1 is 1.31 bits per heavy atom. The summed E-state index contributed by atoms with van der Waals surface area (Å²) in [5.74, 6) is -0.133. The zero-order valence-electron chi connectivity index (χ0n) is 6.99. The third-order valence-corrected chi connectivity index (χ3v) is 2.25. The van der Waals surface area contributed by atoms with Crippen LogP contribution in [0.1, 0.15) is 6.42 Å². The molecule has 3 amide bonds. The van der Waals surface area contributed by atoms with E-state index < -0.39 is 12.1 Å². The predicted molar refractivity (Wildman–Crippen MR) is 46.8 cm³/mol. The molecule has 13 heavy (non-hydrogen) atoms. The molecule has 1 heterocycles. The highest BCUT2D eigenvalue weighted by molar-refractivity contribution is 6.04. The summed E-state index contributed by atoms with van der Waals surface area (Å²) in [6.07, 6.45) is 8.56. The number of hydrogen-bond donors (Lipinski definition) is 2. The molecule has 0 saturated carbocycles. The van der Waals surface area contributed by atoms with Gasteiger partial charge in [0.2, 0.25) is 0 Å². The average Bonchev–Trinajstić information content (AvgIpc) is 2.47. The first kappa shape index (κ1) is 8.04. The molecule has 4 heteroatoms. The molecular formula is C9H10N2O2. The lowest BCUT2D eigenvalue weighted by atomic mass is 9.93. The molecule has 2 rings (SSSR count). The molecule has 0 spiro atoms. The first-order valence-electron chi connectivity index (χ1n) is 4.22. The van der Waals surface area contributed by atoms with Crippen LogP contribution in [0.5, 0.6) is 0 Å². The van der Waals surface area contributed by atoms with Crippen LogP contribution in [0.2, 0.25) is 0 Å². The number of imide groups is 1. The van der Waals surface area contributed by atoms with Crippen molar-refractivity contribution in [2.45, 2.75) is 12.5 Å². The normalized spacial score (nSPS) is 31.7. The highest BCUT2D eigenvalue weighted by Crippen LogP contribution is 2.17. The van der Waals surface area contributed by atoms with Gasteiger partial charge in [-0.25, -0.2) is 4.79 Å². The largest absolute Gasteiger partial charge is 0.325 e. The molecule has 4 nitrogen and oxygen atoms in total. The van der Waals surface area contributed by atoms with Gasteiger partial charge in [0.1, 0.15) is 6.04 Å². The fourth-order valence-corrected chi connectivity index (χ4v) is 1.58. The van der Waals surface area contributed by atoms with Crippen LogP contribution in [0, 0.1) is 5.92 Å². The van der Waals surface area contributed by atoms with Crippen molar-refractivity contribution in [3.05, 3.63) is 24.3 Å². The number of urea groups is 1. The van der Waals surface area contributed by atoms with Crippen LogP contribution in [-0.4, -0.2) is 18.0 Å². The van der Waals surface area contributed by atoms with Crippen LogP contribution < -0.4 is 10.6 Å². The van der Waals surface area contributed by atoms with E-state index in [0.717, 1.165) is 6.42 Å². The van der Waals surface area contributed by atoms with Crippen LogP contribution in [0.15, 0.2) is 24.3 Å². The van der Waals surface area contributed by atoms with Gasteiger partial charge in [0, 0.05) is 5.92 Å². The molecule has 1 aliphatic carbocycles. The van der Waals surface area contributed by atoms with Gasteiger partial charge in [-0.3, -0.25) is 10.1 Å². The van der Waals surface area contributed by atoms with Crippen molar-refractivity contribution >= 4 is 11.9 Å². The van der Waals surface area contributed by atoms with E-state index in [4.69, 9.17) is 0 Å². The van der Waals surface area contributed by atoms with Gasteiger partial charge in [0.15, 0.2) is 0 Å². The topological polar surface area (TPSA) is 58.2 Å². The van der Waals surface area contributed by atoms with E-state index in [9.17, 15) is 9.59 Å². The van der Waals surface area contributed by atoms with E-state index in [1.807, 2.05) is 24.3 Å². The molecule has 0 bridgehead atoms. The molecule has 1 saturated heterocycles. The molecule has 2 atom stereocenters. The minimum atomic E-state index is -0.395. The van der Waals surface area contributed by atoms with E-state index in [0.29, 0.717) is 0 Å². The third kappa shape index (κ3) is 1.47. The van der Waals surface area contributed by atoms with Crippen LogP contribution in [0.3, 0.4) is 0 Å². The van der Waals surface area contributed by atoms with E-state index in [1.54, 1.807) is 0 Å². The lowest BCUT2D eigenvalue weighted by molar-refractivity contribution is -0.120. The fourth-order valence-electron chi connectivity index (χ4n) is 1.58. The molecule has 0 aromatic heterocycles. The first-order chi connectivity index (χ1) is 6.27. The number of hydrogen-bond acceptors (Lipinski definition) is 2. The summed E-state index contributed by atoms with van der Waals surface area (Å²) in [7, 11) is 0. The SMILES string of the molecule is O=C1NC(=O)C([C@H]2C=CC=CC2)N1. The fraction of sp³-hybridized carbons (Fsp3) is 0.333. The molecule has 0 radical (unpaired) electrons. The molecular weight excluding hydrogens is 168 g/mol. The number of allylic oxidation sites excluding steroid dienone is 3. The Morgan fingerprint density at radius 2 is 2.15 bits per heavy atom. The second-order valence-corrected chi connectivity index (χ2v) is 3.15. The van der Waals surface area contributed by atoms with Gasteiger partial charge in [-0.1, -0.05) is 24.3 Å². The smallest absolute Gasteiger partial charge is 0.322 e. The van der Waals surface area contributed by atoms with E-state index in [1.165, 1.54) is 0 Å². The quantitative estimate of drug-likeness (QED) is 0.568. The van der Waals surface area contributed by atoms with Gasteiger partial charge >= 0.3 is 6.03 Å². The van der Waals surface area contributed by atoms with Gasteiger partial charge in [-0.15, -0.1) is 0 Å². The number of nitrogens with one attached hydrogen (secondary N) is 2. The lowest BCUT2D eigenvalue weighted by Gasteiger charge is -2.17. The molecule has 68 valence electrons. The Bertz CT molecular complexity index is 307. The van der Waals surface area contributed by atoms with Crippen LogP contribution in [-0.2, 0) is 4.79 Å². The maximum Gasteiger partial charge on any atom is 0.322 e. The standard InChI is InChI=1S/C9H10N2O2/c12-8-7(10-9(13)11-8)6-4-2-1-3-5-6/h1-4,6-7H,5H2,(H2,10,11,12,13)/t6-,7?/m0/s1. The van der Waals surface area contributed by atoms with Crippen LogP contribution >= 0.6 is 0 Å². The lowest BCUT2D eigenvalue weighted by Crippen LogP contribution is -2.36. The second-order valence-electron chi connectivity index (χ2n) is 3.15. The van der Waals surface area contributed by atoms with E-state index in [2.05, 4.69) is 10.6 Å². The highest BCUT2D eigenvalue weighted by atomic mass is 16.2. The predicted octanol–water partition coefficient (Wildman–Crippen LogP) is 0.327. The van der Waals surface area contributed by atoms with Gasteiger partial charge in [-0.2, -0.15) is 0 Å². The zero-order valence-corrected chi connectivity index (χ0v) is 6.99.